The van der Waals surface area contributed by atoms with Gasteiger partial charge in [-0.2, -0.15) is 0 Å². The van der Waals surface area contributed by atoms with Crippen LogP contribution in [0.1, 0.15) is 18.4 Å². The number of nitrogens with zero attached hydrogens (tertiary/aromatic N) is 1. The first kappa shape index (κ1) is 15.3. The number of ether oxygens (including phenoxy) is 1. The van der Waals surface area contributed by atoms with E-state index in [1.807, 2.05) is 29.2 Å². The zero-order valence-corrected chi connectivity index (χ0v) is 12.5. The Bertz CT molecular complexity index is 450. The lowest BCUT2D eigenvalue weighted by Crippen LogP contribution is -2.51. The maximum absolute atomic E-state index is 12.4. The number of nitrogens with two attached hydrogens (primary N) is 1. The molecule has 4 nitrogen and oxygen atoms in total. The molecule has 5 heteroatoms. The van der Waals surface area contributed by atoms with Gasteiger partial charge in [0.1, 0.15) is 0 Å². The molecule has 0 radical (unpaired) electrons. The van der Waals surface area contributed by atoms with Gasteiger partial charge < -0.3 is 15.4 Å². The highest BCUT2D eigenvalue weighted by Crippen LogP contribution is 2.20. The van der Waals surface area contributed by atoms with Crippen molar-refractivity contribution in [3.05, 3.63) is 34.9 Å². The van der Waals surface area contributed by atoms with Crippen LogP contribution >= 0.6 is 11.6 Å². The molecule has 1 aliphatic heterocycles. The second kappa shape index (κ2) is 7.07. The van der Waals surface area contributed by atoms with Gasteiger partial charge in [-0.25, -0.2) is 0 Å². The summed E-state index contributed by atoms with van der Waals surface area (Å²) in [6.45, 7) is 1.19. The highest BCUT2D eigenvalue weighted by Gasteiger charge is 2.30. The fourth-order valence-electron chi connectivity index (χ4n) is 2.66. The summed E-state index contributed by atoms with van der Waals surface area (Å²) < 4.78 is 5.37. The first-order valence-corrected chi connectivity index (χ1v) is 7.28. The molecule has 1 aromatic carbocycles. The largest absolute Gasteiger partial charge is 0.381 e. The quantitative estimate of drug-likeness (QED) is 0.922. The third-order valence-corrected chi connectivity index (χ3v) is 4.11. The average molecular weight is 297 g/mol. The molecule has 1 aromatic rings. The van der Waals surface area contributed by atoms with E-state index < -0.39 is 0 Å². The van der Waals surface area contributed by atoms with Crippen molar-refractivity contribution in [3.8, 4) is 0 Å². The van der Waals surface area contributed by atoms with Gasteiger partial charge in [0, 0.05) is 31.3 Å². The average Bonchev–Trinajstić information content (AvgIpc) is 2.48. The summed E-state index contributed by atoms with van der Waals surface area (Å²) in [4.78, 5) is 14.3. The number of likely N-dealkylation sites (tertiary alicyclic amines) is 1. The molecular formula is C15H21ClN2O2. The molecule has 1 heterocycles. The minimum absolute atomic E-state index is 0.0773. The summed E-state index contributed by atoms with van der Waals surface area (Å²) in [6.07, 6.45) is 2.30. The molecule has 2 unspecified atom stereocenters. The van der Waals surface area contributed by atoms with E-state index in [0.29, 0.717) is 24.5 Å². The van der Waals surface area contributed by atoms with Crippen molar-refractivity contribution < 1.29 is 9.53 Å². The SMILES string of the molecule is COC1CCN(C(=O)Cc2ccc(Cl)cc2)C(CN)C1. The summed E-state index contributed by atoms with van der Waals surface area (Å²) >= 11 is 5.85. The number of carbonyl (C=O) groups is 1. The monoisotopic (exact) mass is 296 g/mol. The predicted molar refractivity (Wildman–Crippen MR) is 79.7 cm³/mol. The highest BCUT2D eigenvalue weighted by molar-refractivity contribution is 6.30. The molecule has 1 aliphatic rings. The molecule has 0 bridgehead atoms. The predicted octanol–water partition coefficient (Wildman–Crippen LogP) is 1.85. The number of piperidine rings is 1. The van der Waals surface area contributed by atoms with Gasteiger partial charge >= 0.3 is 0 Å². The van der Waals surface area contributed by atoms with E-state index in [1.54, 1.807) is 7.11 Å². The van der Waals surface area contributed by atoms with Crippen LogP contribution in [0.3, 0.4) is 0 Å². The Hall–Kier alpha value is -1.10. The first-order chi connectivity index (χ1) is 9.63. The molecule has 1 saturated heterocycles. The lowest BCUT2D eigenvalue weighted by Gasteiger charge is -2.38. The minimum Gasteiger partial charge on any atom is -0.381 e. The molecule has 20 heavy (non-hydrogen) atoms. The fourth-order valence-corrected chi connectivity index (χ4v) is 2.78. The Balaban J connectivity index is 1.99. The topological polar surface area (TPSA) is 55.6 Å². The van der Waals surface area contributed by atoms with Crippen LogP contribution in [0.25, 0.3) is 0 Å². The van der Waals surface area contributed by atoms with Crippen LogP contribution in [0.5, 0.6) is 0 Å². The van der Waals surface area contributed by atoms with E-state index in [4.69, 9.17) is 22.1 Å². The molecule has 2 atom stereocenters. The molecule has 1 amide bonds. The molecule has 0 spiro atoms. The van der Waals surface area contributed by atoms with Crippen molar-refractivity contribution in [1.29, 1.82) is 0 Å². The van der Waals surface area contributed by atoms with Gasteiger partial charge in [0.05, 0.1) is 12.5 Å². The van der Waals surface area contributed by atoms with E-state index in [-0.39, 0.29) is 18.1 Å². The second-order valence-electron chi connectivity index (χ2n) is 5.16. The zero-order valence-electron chi connectivity index (χ0n) is 11.7. The Kier molecular flexibility index (Phi) is 5.40. The third-order valence-electron chi connectivity index (χ3n) is 3.86. The molecule has 2 rings (SSSR count). The molecule has 1 fully saturated rings. The number of hydrogen-bond donors (Lipinski definition) is 1. The fraction of sp³-hybridized carbons (Fsp3) is 0.533. The van der Waals surface area contributed by atoms with Crippen LogP contribution in [0.2, 0.25) is 5.02 Å². The van der Waals surface area contributed by atoms with Crippen LogP contribution in [0.15, 0.2) is 24.3 Å². The van der Waals surface area contributed by atoms with Crippen LogP contribution in [0, 0.1) is 0 Å². The number of rotatable bonds is 4. The smallest absolute Gasteiger partial charge is 0.227 e. The lowest BCUT2D eigenvalue weighted by molar-refractivity contribution is -0.136. The Morgan fingerprint density at radius 1 is 1.45 bits per heavy atom. The van der Waals surface area contributed by atoms with E-state index in [0.717, 1.165) is 18.4 Å². The van der Waals surface area contributed by atoms with Gasteiger partial charge in [0.2, 0.25) is 5.91 Å². The van der Waals surface area contributed by atoms with Crippen molar-refractivity contribution in [2.75, 3.05) is 20.2 Å². The van der Waals surface area contributed by atoms with Crippen molar-refractivity contribution in [2.45, 2.75) is 31.4 Å². The summed E-state index contributed by atoms with van der Waals surface area (Å²) in [5, 5.41) is 0.682. The van der Waals surface area contributed by atoms with Crippen molar-refractivity contribution in [3.63, 3.8) is 0 Å². The Labute approximate surface area is 124 Å². The summed E-state index contributed by atoms with van der Waals surface area (Å²) in [6, 6.07) is 7.47. The number of hydrogen-bond acceptors (Lipinski definition) is 3. The normalized spacial score (nSPS) is 22.9. The molecule has 0 saturated carbocycles. The summed E-state index contributed by atoms with van der Waals surface area (Å²) in [5.74, 6) is 0.123. The van der Waals surface area contributed by atoms with Gasteiger partial charge in [0.25, 0.3) is 0 Å². The van der Waals surface area contributed by atoms with Crippen molar-refractivity contribution in [1.82, 2.24) is 4.90 Å². The molecule has 2 N–H and O–H groups in total. The zero-order chi connectivity index (χ0) is 14.5. The van der Waals surface area contributed by atoms with Gasteiger partial charge in [-0.15, -0.1) is 0 Å². The Morgan fingerprint density at radius 3 is 2.75 bits per heavy atom. The Morgan fingerprint density at radius 2 is 2.15 bits per heavy atom. The maximum Gasteiger partial charge on any atom is 0.227 e. The summed E-state index contributed by atoms with van der Waals surface area (Å²) in [7, 11) is 1.71. The standard InChI is InChI=1S/C15H21ClN2O2/c1-20-14-6-7-18(13(9-14)10-17)15(19)8-11-2-4-12(16)5-3-11/h2-5,13-14H,6-10,17H2,1H3. The van der Waals surface area contributed by atoms with E-state index in [1.165, 1.54) is 0 Å². The molecule has 0 aromatic heterocycles. The van der Waals surface area contributed by atoms with Gasteiger partial charge in [-0.05, 0) is 30.5 Å². The summed E-state index contributed by atoms with van der Waals surface area (Å²) in [5.41, 5.74) is 6.77. The minimum atomic E-state index is 0.0773. The number of amides is 1. The number of benzene rings is 1. The lowest BCUT2D eigenvalue weighted by atomic mass is 9.98. The van der Waals surface area contributed by atoms with Gasteiger partial charge in [-0.1, -0.05) is 23.7 Å². The van der Waals surface area contributed by atoms with E-state index in [2.05, 4.69) is 0 Å². The van der Waals surface area contributed by atoms with Crippen molar-refractivity contribution in [2.24, 2.45) is 5.73 Å². The van der Waals surface area contributed by atoms with Crippen molar-refractivity contribution >= 4 is 17.5 Å². The molecule has 110 valence electrons. The maximum atomic E-state index is 12.4. The van der Waals surface area contributed by atoms with Crippen LogP contribution in [-0.2, 0) is 16.0 Å². The van der Waals surface area contributed by atoms with Gasteiger partial charge in [-0.3, -0.25) is 4.79 Å². The number of carbonyl (C=O) groups excluding carboxylic acids is 1. The van der Waals surface area contributed by atoms with Crippen LogP contribution in [-0.4, -0.2) is 43.2 Å². The first-order valence-electron chi connectivity index (χ1n) is 6.90. The number of methoxy groups -OCH3 is 1. The van der Waals surface area contributed by atoms with E-state index >= 15 is 0 Å². The van der Waals surface area contributed by atoms with Gasteiger partial charge in [0.15, 0.2) is 0 Å². The van der Waals surface area contributed by atoms with Crippen LogP contribution in [0.4, 0.5) is 0 Å². The van der Waals surface area contributed by atoms with Crippen LogP contribution < -0.4 is 5.73 Å². The molecular weight excluding hydrogens is 276 g/mol. The molecule has 0 aliphatic carbocycles. The second-order valence-corrected chi connectivity index (χ2v) is 5.60. The third kappa shape index (κ3) is 3.72. The highest BCUT2D eigenvalue weighted by atomic mass is 35.5. The van der Waals surface area contributed by atoms with E-state index in [9.17, 15) is 4.79 Å². The number of halogens is 1.